The molecule has 0 heterocycles. The van der Waals surface area contributed by atoms with Crippen LogP contribution in [0.25, 0.3) is 16.7 Å². The van der Waals surface area contributed by atoms with Crippen LogP contribution in [0.15, 0.2) is 95.7 Å². The molecule has 5 heteroatoms. The average molecular weight is 430 g/mol. The standard InChI is InChI=1S/C28H18N2O3/c29-17-18-9-1-2-10-19(18)20-11-5-8-16-25(20)28(32)33-30-26-23-14-6-3-12-21(23)22-13-4-7-15-24(22)27(26)31/h1-5,7-13,15-16H,6,14H2. The highest BCUT2D eigenvalue weighted by atomic mass is 16.7. The van der Waals surface area contributed by atoms with Crippen LogP contribution in [0.1, 0.15) is 44.7 Å². The minimum atomic E-state index is -0.689. The van der Waals surface area contributed by atoms with E-state index in [1.807, 2.05) is 18.2 Å². The quantitative estimate of drug-likeness (QED) is 0.392. The normalized spacial score (nSPS) is 15.6. The van der Waals surface area contributed by atoms with Crippen LogP contribution in [-0.4, -0.2) is 17.5 Å². The van der Waals surface area contributed by atoms with Crippen molar-refractivity contribution in [3.8, 4) is 17.2 Å². The molecule has 0 fully saturated rings. The summed E-state index contributed by atoms with van der Waals surface area (Å²) < 4.78 is 0. The first-order chi connectivity index (χ1) is 16.2. The smallest absolute Gasteiger partial charge is 0.312 e. The predicted octanol–water partition coefficient (Wildman–Crippen LogP) is 5.74. The fourth-order valence-corrected chi connectivity index (χ4v) is 4.29. The number of ketones is 1. The molecule has 0 bridgehead atoms. The largest absolute Gasteiger partial charge is 0.366 e. The summed E-state index contributed by atoms with van der Waals surface area (Å²) in [6, 6.07) is 23.5. The maximum atomic E-state index is 13.2. The average Bonchev–Trinajstić information content (AvgIpc) is 2.88. The fraction of sp³-hybridized carbons (Fsp3) is 0.0714. The van der Waals surface area contributed by atoms with Gasteiger partial charge in [0.05, 0.1) is 17.2 Å². The molecule has 0 atom stereocenters. The molecule has 3 aromatic rings. The molecule has 0 unspecified atom stereocenters. The first-order valence-electron chi connectivity index (χ1n) is 10.6. The molecule has 158 valence electrons. The SMILES string of the molecule is N#Cc1ccccc1-c1ccccc1C(=O)ON=C1C(=O)c2ccccc2C2=C1CCC=C2. The first-order valence-corrected chi connectivity index (χ1v) is 10.6. The van der Waals surface area contributed by atoms with Crippen molar-refractivity contribution >= 4 is 23.0 Å². The second-order valence-electron chi connectivity index (χ2n) is 7.73. The van der Waals surface area contributed by atoms with Gasteiger partial charge in [-0.15, -0.1) is 0 Å². The van der Waals surface area contributed by atoms with Gasteiger partial charge >= 0.3 is 5.97 Å². The summed E-state index contributed by atoms with van der Waals surface area (Å²) >= 11 is 0. The van der Waals surface area contributed by atoms with Crippen LogP contribution < -0.4 is 0 Å². The number of benzene rings is 3. The number of Topliss-reactive ketones (excluding diaryl/α,β-unsaturated/α-hetero) is 1. The van der Waals surface area contributed by atoms with Crippen molar-refractivity contribution in [2.24, 2.45) is 5.16 Å². The maximum Gasteiger partial charge on any atom is 0.366 e. The van der Waals surface area contributed by atoms with Gasteiger partial charge in [-0.05, 0) is 47.2 Å². The van der Waals surface area contributed by atoms with Crippen molar-refractivity contribution < 1.29 is 14.4 Å². The van der Waals surface area contributed by atoms with E-state index in [1.165, 1.54) is 0 Å². The molecule has 0 N–H and O–H groups in total. The number of oxime groups is 1. The number of carbonyl (C=O) groups is 2. The monoisotopic (exact) mass is 430 g/mol. The summed E-state index contributed by atoms with van der Waals surface area (Å²) in [5, 5.41) is 13.5. The van der Waals surface area contributed by atoms with E-state index < -0.39 is 5.97 Å². The molecule has 0 saturated carbocycles. The van der Waals surface area contributed by atoms with E-state index in [9.17, 15) is 14.9 Å². The second kappa shape index (κ2) is 8.52. The molecule has 0 saturated heterocycles. The molecule has 5 nitrogen and oxygen atoms in total. The molecular formula is C28H18N2O3. The van der Waals surface area contributed by atoms with Crippen LogP contribution in [0.2, 0.25) is 0 Å². The third-order valence-corrected chi connectivity index (χ3v) is 5.84. The number of carbonyl (C=O) groups excluding carboxylic acids is 2. The number of hydrogen-bond donors (Lipinski definition) is 0. The Morgan fingerprint density at radius 3 is 2.33 bits per heavy atom. The third-order valence-electron chi connectivity index (χ3n) is 5.84. The highest BCUT2D eigenvalue weighted by Crippen LogP contribution is 2.36. The van der Waals surface area contributed by atoms with Gasteiger partial charge in [0.25, 0.3) is 0 Å². The van der Waals surface area contributed by atoms with Crippen molar-refractivity contribution in [3.63, 3.8) is 0 Å². The molecule has 0 spiro atoms. The van der Waals surface area contributed by atoms with Crippen LogP contribution in [0.5, 0.6) is 0 Å². The minimum Gasteiger partial charge on any atom is -0.312 e. The Balaban J connectivity index is 1.53. The summed E-state index contributed by atoms with van der Waals surface area (Å²) in [5.74, 6) is -0.943. The Morgan fingerprint density at radius 1 is 0.879 bits per heavy atom. The fourth-order valence-electron chi connectivity index (χ4n) is 4.29. The molecule has 3 aromatic carbocycles. The van der Waals surface area contributed by atoms with E-state index in [2.05, 4.69) is 17.3 Å². The van der Waals surface area contributed by atoms with E-state index in [1.54, 1.807) is 60.7 Å². The van der Waals surface area contributed by atoms with Crippen molar-refractivity contribution in [3.05, 3.63) is 113 Å². The molecular weight excluding hydrogens is 412 g/mol. The molecule has 0 radical (unpaired) electrons. The van der Waals surface area contributed by atoms with Gasteiger partial charge in [0.1, 0.15) is 0 Å². The number of rotatable bonds is 3. The molecule has 2 aliphatic carbocycles. The van der Waals surface area contributed by atoms with Gasteiger partial charge in [0, 0.05) is 11.1 Å². The minimum absolute atomic E-state index is 0.163. The Morgan fingerprint density at radius 2 is 1.55 bits per heavy atom. The molecule has 33 heavy (non-hydrogen) atoms. The van der Waals surface area contributed by atoms with Gasteiger partial charge in [-0.2, -0.15) is 5.26 Å². The van der Waals surface area contributed by atoms with E-state index >= 15 is 0 Å². The van der Waals surface area contributed by atoms with Gasteiger partial charge < -0.3 is 4.84 Å². The Labute approximate surface area is 190 Å². The van der Waals surface area contributed by atoms with Crippen LogP contribution in [0.4, 0.5) is 0 Å². The van der Waals surface area contributed by atoms with Crippen molar-refractivity contribution in [1.82, 2.24) is 0 Å². The lowest BCUT2D eigenvalue weighted by Crippen LogP contribution is -2.25. The lowest BCUT2D eigenvalue weighted by Gasteiger charge is -2.23. The van der Waals surface area contributed by atoms with Crippen molar-refractivity contribution in [2.45, 2.75) is 12.8 Å². The number of fused-ring (bicyclic) bond motifs is 2. The first kappa shape index (κ1) is 20.3. The number of nitriles is 1. The molecule has 0 amide bonds. The molecule has 0 aromatic heterocycles. The Hall–Kier alpha value is -4.56. The summed E-state index contributed by atoms with van der Waals surface area (Å²) in [5.41, 5.74) is 5.23. The summed E-state index contributed by atoms with van der Waals surface area (Å²) in [6.07, 6.45) is 5.50. The highest BCUT2D eigenvalue weighted by molar-refractivity contribution is 6.54. The Kier molecular flexibility index (Phi) is 5.26. The van der Waals surface area contributed by atoms with E-state index in [0.717, 1.165) is 23.1 Å². The summed E-state index contributed by atoms with van der Waals surface area (Å²) in [7, 11) is 0. The highest BCUT2D eigenvalue weighted by Gasteiger charge is 2.31. The van der Waals surface area contributed by atoms with Crippen LogP contribution in [0, 0.1) is 11.3 Å². The molecule has 0 aliphatic heterocycles. The topological polar surface area (TPSA) is 79.5 Å². The van der Waals surface area contributed by atoms with Gasteiger partial charge in [0.2, 0.25) is 5.78 Å². The molecule has 2 aliphatic rings. The third kappa shape index (κ3) is 3.58. The van der Waals surface area contributed by atoms with Gasteiger partial charge in [-0.25, -0.2) is 4.79 Å². The molecule has 5 rings (SSSR count). The van der Waals surface area contributed by atoms with Gasteiger partial charge in [0.15, 0.2) is 5.71 Å². The zero-order valence-corrected chi connectivity index (χ0v) is 17.6. The van der Waals surface area contributed by atoms with Crippen LogP contribution in [0.3, 0.4) is 0 Å². The van der Waals surface area contributed by atoms with Crippen molar-refractivity contribution in [1.29, 1.82) is 5.26 Å². The van der Waals surface area contributed by atoms with E-state index in [-0.39, 0.29) is 17.1 Å². The Bertz CT molecular complexity index is 1440. The van der Waals surface area contributed by atoms with Crippen LogP contribution >= 0.6 is 0 Å². The zero-order valence-electron chi connectivity index (χ0n) is 17.6. The predicted molar refractivity (Wildman–Crippen MR) is 126 cm³/mol. The van der Waals surface area contributed by atoms with Gasteiger partial charge in [-0.1, -0.05) is 78.0 Å². The maximum absolute atomic E-state index is 13.2. The van der Waals surface area contributed by atoms with E-state index in [0.29, 0.717) is 28.7 Å². The number of allylic oxidation sites excluding steroid dienone is 4. The second-order valence-corrected chi connectivity index (χ2v) is 7.73. The number of nitrogens with zero attached hydrogens (tertiary/aromatic N) is 2. The van der Waals surface area contributed by atoms with E-state index in [4.69, 9.17) is 4.84 Å². The summed E-state index contributed by atoms with van der Waals surface area (Å²) in [6.45, 7) is 0. The van der Waals surface area contributed by atoms with Crippen molar-refractivity contribution in [2.75, 3.05) is 0 Å². The van der Waals surface area contributed by atoms with Crippen LogP contribution in [-0.2, 0) is 4.84 Å². The summed E-state index contributed by atoms with van der Waals surface area (Å²) in [4.78, 5) is 31.5. The lowest BCUT2D eigenvalue weighted by molar-refractivity contribution is 0.0517. The number of hydrogen-bond acceptors (Lipinski definition) is 5. The van der Waals surface area contributed by atoms with Gasteiger partial charge in [-0.3, -0.25) is 4.79 Å². The zero-order chi connectivity index (χ0) is 22.8. The lowest BCUT2D eigenvalue weighted by atomic mass is 9.79.